The Morgan fingerprint density at radius 2 is 1.74 bits per heavy atom. The normalized spacial score (nSPS) is 11.0. The number of ether oxygens (including phenoxy) is 1. The first-order valence-corrected chi connectivity index (χ1v) is 8.23. The highest BCUT2D eigenvalue weighted by Crippen LogP contribution is 2.26. The lowest BCUT2D eigenvalue weighted by molar-refractivity contribution is -0.153. The molecule has 0 saturated heterocycles. The third-order valence-corrected chi connectivity index (χ3v) is 3.88. The van der Waals surface area contributed by atoms with E-state index in [4.69, 9.17) is 23.2 Å². The van der Waals surface area contributed by atoms with Crippen LogP contribution in [0.25, 0.3) is 0 Å². The van der Waals surface area contributed by atoms with Crippen LogP contribution in [-0.4, -0.2) is 31.1 Å². The minimum atomic E-state index is -4.51. The minimum Gasteiger partial charge on any atom is -0.482 e. The molecule has 5 nitrogen and oxygen atoms in total. The maximum absolute atomic E-state index is 12.3. The summed E-state index contributed by atoms with van der Waals surface area (Å²) in [5.74, 6) is -1.35. The van der Waals surface area contributed by atoms with Gasteiger partial charge in [0.05, 0.1) is 22.3 Å². The van der Waals surface area contributed by atoms with Crippen LogP contribution in [0.3, 0.4) is 0 Å². The standard InChI is InChI=1S/C17H13Cl2F3N2O3/c18-11-6-5-10(7-12(11)19)16(26)23-8-15(25)24-13-3-1-2-4-14(13)27-9-17(20,21)22/h1-7H,8-9H2,(H,23,26)(H,24,25). The number of carbonyl (C=O) groups is 2. The molecule has 0 heterocycles. The van der Waals surface area contributed by atoms with Crippen molar-refractivity contribution in [3.05, 3.63) is 58.1 Å². The van der Waals surface area contributed by atoms with Crippen molar-refractivity contribution in [3.8, 4) is 5.75 Å². The number of halogens is 5. The summed E-state index contributed by atoms with van der Waals surface area (Å²) in [4.78, 5) is 24.0. The molecule has 0 saturated carbocycles. The SMILES string of the molecule is O=C(CNC(=O)c1ccc(Cl)c(Cl)c1)Nc1ccccc1OCC(F)(F)F. The first-order valence-electron chi connectivity index (χ1n) is 7.47. The number of nitrogens with one attached hydrogen (secondary N) is 2. The van der Waals surface area contributed by atoms with E-state index < -0.39 is 31.1 Å². The highest BCUT2D eigenvalue weighted by atomic mass is 35.5. The molecule has 0 spiro atoms. The highest BCUT2D eigenvalue weighted by molar-refractivity contribution is 6.42. The molecular formula is C17H13Cl2F3N2O3. The quantitative estimate of drug-likeness (QED) is 0.731. The lowest BCUT2D eigenvalue weighted by atomic mass is 10.2. The highest BCUT2D eigenvalue weighted by Gasteiger charge is 2.28. The minimum absolute atomic E-state index is 0.0514. The van der Waals surface area contributed by atoms with Gasteiger partial charge in [0.25, 0.3) is 5.91 Å². The molecule has 0 radical (unpaired) electrons. The van der Waals surface area contributed by atoms with E-state index in [9.17, 15) is 22.8 Å². The van der Waals surface area contributed by atoms with E-state index in [1.54, 1.807) is 0 Å². The summed E-state index contributed by atoms with van der Waals surface area (Å²) in [7, 11) is 0. The Morgan fingerprint density at radius 3 is 2.41 bits per heavy atom. The maximum atomic E-state index is 12.3. The Labute approximate surface area is 162 Å². The number of rotatable bonds is 6. The molecule has 144 valence electrons. The fourth-order valence-electron chi connectivity index (χ4n) is 1.95. The van der Waals surface area contributed by atoms with Gasteiger partial charge in [0.2, 0.25) is 5.91 Å². The summed E-state index contributed by atoms with van der Waals surface area (Å²) in [6.45, 7) is -1.90. The van der Waals surface area contributed by atoms with Gasteiger partial charge in [0.15, 0.2) is 6.61 Å². The van der Waals surface area contributed by atoms with Crippen molar-refractivity contribution in [2.75, 3.05) is 18.5 Å². The third kappa shape index (κ3) is 6.65. The molecule has 0 aromatic heterocycles. The van der Waals surface area contributed by atoms with Crippen LogP contribution in [0.5, 0.6) is 5.75 Å². The van der Waals surface area contributed by atoms with Crippen LogP contribution >= 0.6 is 23.2 Å². The molecule has 2 aromatic carbocycles. The summed E-state index contributed by atoms with van der Waals surface area (Å²) >= 11 is 11.6. The van der Waals surface area contributed by atoms with Crippen LogP contribution in [0.4, 0.5) is 18.9 Å². The van der Waals surface area contributed by atoms with Crippen molar-refractivity contribution in [2.45, 2.75) is 6.18 Å². The van der Waals surface area contributed by atoms with Gasteiger partial charge in [-0.25, -0.2) is 0 Å². The number of para-hydroxylation sites is 2. The number of amides is 2. The summed E-state index contributed by atoms with van der Waals surface area (Å²) in [6, 6.07) is 9.87. The molecular weight excluding hydrogens is 408 g/mol. The molecule has 10 heteroatoms. The predicted molar refractivity (Wildman–Crippen MR) is 95.4 cm³/mol. The van der Waals surface area contributed by atoms with Crippen molar-refractivity contribution in [1.82, 2.24) is 5.32 Å². The van der Waals surface area contributed by atoms with Crippen LogP contribution in [-0.2, 0) is 4.79 Å². The molecule has 2 N–H and O–H groups in total. The number of alkyl halides is 3. The van der Waals surface area contributed by atoms with E-state index in [0.29, 0.717) is 0 Å². The molecule has 0 atom stereocenters. The molecule has 0 aliphatic rings. The molecule has 0 unspecified atom stereocenters. The Bertz CT molecular complexity index is 844. The van der Waals surface area contributed by atoms with Gasteiger partial charge in [-0.1, -0.05) is 35.3 Å². The smallest absolute Gasteiger partial charge is 0.422 e. The van der Waals surface area contributed by atoms with Crippen LogP contribution in [0, 0.1) is 0 Å². The van der Waals surface area contributed by atoms with Gasteiger partial charge < -0.3 is 15.4 Å². The van der Waals surface area contributed by atoms with Gasteiger partial charge >= 0.3 is 6.18 Å². The number of anilines is 1. The zero-order valence-electron chi connectivity index (χ0n) is 13.6. The van der Waals surface area contributed by atoms with Crippen molar-refractivity contribution < 1.29 is 27.5 Å². The molecule has 2 amide bonds. The molecule has 0 fully saturated rings. The van der Waals surface area contributed by atoms with Gasteiger partial charge in [0.1, 0.15) is 5.75 Å². The first-order chi connectivity index (χ1) is 12.7. The van der Waals surface area contributed by atoms with Crippen LogP contribution in [0.1, 0.15) is 10.4 Å². The zero-order chi connectivity index (χ0) is 20.0. The average Bonchev–Trinajstić information content (AvgIpc) is 2.60. The second kappa shape index (κ2) is 8.96. The lowest BCUT2D eigenvalue weighted by Crippen LogP contribution is -2.33. The second-order valence-electron chi connectivity index (χ2n) is 5.26. The van der Waals surface area contributed by atoms with E-state index in [1.165, 1.54) is 42.5 Å². The topological polar surface area (TPSA) is 67.4 Å². The van der Waals surface area contributed by atoms with E-state index in [-0.39, 0.29) is 27.0 Å². The van der Waals surface area contributed by atoms with E-state index in [2.05, 4.69) is 15.4 Å². The van der Waals surface area contributed by atoms with Crippen molar-refractivity contribution in [2.24, 2.45) is 0 Å². The van der Waals surface area contributed by atoms with Gasteiger partial charge in [-0.15, -0.1) is 0 Å². The molecule has 0 aliphatic carbocycles. The molecule has 0 bridgehead atoms. The van der Waals surface area contributed by atoms with Crippen LogP contribution in [0.15, 0.2) is 42.5 Å². The Hall–Kier alpha value is -2.45. The number of carbonyl (C=O) groups excluding carboxylic acids is 2. The van der Waals surface area contributed by atoms with E-state index >= 15 is 0 Å². The third-order valence-electron chi connectivity index (χ3n) is 3.14. The van der Waals surface area contributed by atoms with Crippen molar-refractivity contribution in [3.63, 3.8) is 0 Å². The van der Waals surface area contributed by atoms with Gasteiger partial charge in [-0.2, -0.15) is 13.2 Å². The van der Waals surface area contributed by atoms with Gasteiger partial charge in [-0.3, -0.25) is 9.59 Å². The molecule has 0 aliphatic heterocycles. The predicted octanol–water partition coefficient (Wildman–Crippen LogP) is 4.30. The molecule has 27 heavy (non-hydrogen) atoms. The van der Waals surface area contributed by atoms with Crippen LogP contribution in [0.2, 0.25) is 10.0 Å². The second-order valence-corrected chi connectivity index (χ2v) is 6.07. The van der Waals surface area contributed by atoms with Crippen molar-refractivity contribution >= 4 is 40.7 Å². The number of benzene rings is 2. The Balaban J connectivity index is 1.94. The summed E-state index contributed by atoms with van der Waals surface area (Å²) in [6.07, 6.45) is -4.51. The number of hydrogen-bond acceptors (Lipinski definition) is 3. The van der Waals surface area contributed by atoms with E-state index in [1.807, 2.05) is 0 Å². The largest absolute Gasteiger partial charge is 0.482 e. The summed E-state index contributed by atoms with van der Waals surface area (Å²) < 4.78 is 41.5. The number of hydrogen-bond donors (Lipinski definition) is 2. The average molecular weight is 421 g/mol. The molecule has 2 rings (SSSR count). The van der Waals surface area contributed by atoms with Crippen LogP contribution < -0.4 is 15.4 Å². The fraction of sp³-hybridized carbons (Fsp3) is 0.176. The van der Waals surface area contributed by atoms with E-state index in [0.717, 1.165) is 0 Å². The van der Waals surface area contributed by atoms with Gasteiger partial charge in [-0.05, 0) is 30.3 Å². The lowest BCUT2D eigenvalue weighted by Gasteiger charge is -2.14. The Kier molecular flexibility index (Phi) is 6.92. The van der Waals surface area contributed by atoms with Crippen molar-refractivity contribution in [1.29, 1.82) is 0 Å². The zero-order valence-corrected chi connectivity index (χ0v) is 15.1. The first kappa shape index (κ1) is 20.9. The maximum Gasteiger partial charge on any atom is 0.422 e. The molecule has 2 aromatic rings. The van der Waals surface area contributed by atoms with Gasteiger partial charge in [0, 0.05) is 5.56 Å². The monoisotopic (exact) mass is 420 g/mol. The fourth-order valence-corrected chi connectivity index (χ4v) is 2.25. The Morgan fingerprint density at radius 1 is 1.04 bits per heavy atom. The summed E-state index contributed by atoms with van der Waals surface area (Å²) in [5, 5.41) is 5.21. The summed E-state index contributed by atoms with van der Waals surface area (Å²) in [5.41, 5.74) is 0.252.